The molecule has 0 nitrogen and oxygen atoms in total. The summed E-state index contributed by atoms with van der Waals surface area (Å²) in [6, 6.07) is 9.48. The lowest BCUT2D eigenvalue weighted by molar-refractivity contribution is -0.516. The van der Waals surface area contributed by atoms with Gasteiger partial charge in [0, 0.05) is 0 Å². The fourth-order valence-corrected chi connectivity index (χ4v) is 8.48. The number of hydrogen-bond donors (Lipinski definition) is 0. The molecule has 7 aliphatic rings. The SMILES string of the molecule is C1=CC[C@]23[C@H]4[C@@H]5[C@@H]6[C@H]4[C@@]2(C1)[C@@H]6c1ccccc1[C@H]53. The van der Waals surface area contributed by atoms with Crippen molar-refractivity contribution in [3.8, 4) is 0 Å². The predicted octanol–water partition coefficient (Wildman–Crippen LogP) is 3.71. The lowest BCUT2D eigenvalue weighted by Crippen LogP contribution is -2.98. The molecule has 8 atom stereocenters. The van der Waals surface area contributed by atoms with E-state index in [1.165, 1.54) is 12.8 Å². The first kappa shape index (κ1) is 8.19. The van der Waals surface area contributed by atoms with E-state index in [0.29, 0.717) is 0 Å². The minimum absolute atomic E-state index is 0.755. The van der Waals surface area contributed by atoms with Gasteiger partial charge in [0.2, 0.25) is 0 Å². The fourth-order valence-electron chi connectivity index (χ4n) is 8.48. The molecule has 0 aromatic heterocycles. The molecule has 0 N–H and O–H groups in total. The summed E-state index contributed by atoms with van der Waals surface area (Å²) in [6.45, 7) is 0. The van der Waals surface area contributed by atoms with E-state index in [0.717, 1.165) is 46.3 Å². The van der Waals surface area contributed by atoms with Crippen LogP contribution in [0.5, 0.6) is 0 Å². The molecule has 2 spiro atoms. The second-order valence-corrected chi connectivity index (χ2v) is 7.75. The molecule has 0 aliphatic heterocycles. The molecule has 4 fully saturated rings. The molecule has 88 valence electrons. The number of benzene rings is 1. The van der Waals surface area contributed by atoms with Crippen molar-refractivity contribution in [1.82, 2.24) is 0 Å². The van der Waals surface area contributed by atoms with Gasteiger partial charge < -0.3 is 0 Å². The molecule has 0 saturated heterocycles. The van der Waals surface area contributed by atoms with Gasteiger partial charge in [0.15, 0.2) is 0 Å². The van der Waals surface area contributed by atoms with Gasteiger partial charge in [-0.15, -0.1) is 0 Å². The monoisotopic (exact) mass is 232 g/mol. The van der Waals surface area contributed by atoms with Gasteiger partial charge in [-0.2, -0.15) is 0 Å². The molecule has 0 amide bonds. The molecular formula is C18H16. The Morgan fingerprint density at radius 3 is 1.78 bits per heavy atom. The molecule has 2 bridgehead atoms. The smallest absolute Gasteiger partial charge is 0.00566 e. The maximum atomic E-state index is 2.52. The zero-order chi connectivity index (χ0) is 11.3. The van der Waals surface area contributed by atoms with Crippen molar-refractivity contribution in [1.29, 1.82) is 0 Å². The van der Waals surface area contributed by atoms with Crippen molar-refractivity contribution < 1.29 is 0 Å². The van der Waals surface area contributed by atoms with Gasteiger partial charge in [-0.3, -0.25) is 0 Å². The first-order chi connectivity index (χ1) is 8.93. The molecule has 0 radical (unpaired) electrons. The summed E-state index contributed by atoms with van der Waals surface area (Å²) < 4.78 is 0. The molecule has 8 rings (SSSR count). The lowest BCUT2D eigenvalue weighted by atomic mass is 9.00. The van der Waals surface area contributed by atoms with E-state index in [2.05, 4.69) is 36.4 Å². The third kappa shape index (κ3) is 0.414. The van der Waals surface area contributed by atoms with Gasteiger partial charge in [0.1, 0.15) is 0 Å². The Hall–Kier alpha value is -1.04. The highest BCUT2D eigenvalue weighted by Gasteiger charge is 3.00. The van der Waals surface area contributed by atoms with Crippen LogP contribution in [0.1, 0.15) is 35.8 Å². The molecule has 0 heteroatoms. The van der Waals surface area contributed by atoms with Crippen LogP contribution in [0.25, 0.3) is 0 Å². The summed E-state index contributed by atoms with van der Waals surface area (Å²) in [5.41, 5.74) is 5.04. The van der Waals surface area contributed by atoms with Gasteiger partial charge in [-0.05, 0) is 70.3 Å². The van der Waals surface area contributed by atoms with Gasteiger partial charge >= 0.3 is 0 Å². The summed E-state index contributed by atoms with van der Waals surface area (Å²) in [4.78, 5) is 0. The first-order valence-electron chi connectivity index (χ1n) is 7.67. The second-order valence-electron chi connectivity index (χ2n) is 7.75. The first-order valence-corrected chi connectivity index (χ1v) is 7.67. The van der Waals surface area contributed by atoms with Crippen molar-refractivity contribution >= 4 is 0 Å². The van der Waals surface area contributed by atoms with Crippen molar-refractivity contribution in [3.63, 3.8) is 0 Å². The Morgan fingerprint density at radius 1 is 0.778 bits per heavy atom. The predicted molar refractivity (Wildman–Crippen MR) is 69.1 cm³/mol. The molecule has 1 aromatic carbocycles. The lowest BCUT2D eigenvalue weighted by Gasteiger charge is -3.03. The molecule has 0 unspecified atom stereocenters. The average molecular weight is 232 g/mol. The normalized spacial score (nSPS) is 65.6. The van der Waals surface area contributed by atoms with Crippen molar-refractivity contribution in [2.24, 2.45) is 34.5 Å². The number of rotatable bonds is 0. The molecule has 18 heavy (non-hydrogen) atoms. The third-order valence-corrected chi connectivity index (χ3v) is 8.34. The van der Waals surface area contributed by atoms with Crippen LogP contribution in [-0.2, 0) is 0 Å². The summed E-state index contributed by atoms with van der Waals surface area (Å²) in [6.07, 6.45) is 7.85. The summed E-state index contributed by atoms with van der Waals surface area (Å²) in [5.74, 6) is 6.46. The Balaban J connectivity index is 1.63. The average Bonchev–Trinajstić information content (AvgIpc) is 2.40. The minimum Gasteiger partial charge on any atom is -0.0879 e. The summed E-state index contributed by atoms with van der Waals surface area (Å²) >= 11 is 0. The molecular weight excluding hydrogens is 216 g/mol. The number of hydrogen-bond acceptors (Lipinski definition) is 0. The van der Waals surface area contributed by atoms with Crippen LogP contribution in [0.4, 0.5) is 0 Å². The minimum atomic E-state index is 0.755. The van der Waals surface area contributed by atoms with E-state index in [1.807, 2.05) is 0 Å². The van der Waals surface area contributed by atoms with Crippen LogP contribution in [0.15, 0.2) is 36.4 Å². The van der Waals surface area contributed by atoms with Crippen LogP contribution in [0.3, 0.4) is 0 Å². The topological polar surface area (TPSA) is 0 Å². The zero-order valence-corrected chi connectivity index (χ0v) is 10.3. The van der Waals surface area contributed by atoms with Crippen molar-refractivity contribution in [3.05, 3.63) is 47.5 Å². The maximum absolute atomic E-state index is 2.52. The van der Waals surface area contributed by atoms with Gasteiger partial charge in [-0.25, -0.2) is 0 Å². The highest BCUT2D eigenvalue weighted by Crippen LogP contribution is 3.05. The van der Waals surface area contributed by atoms with Crippen LogP contribution >= 0.6 is 0 Å². The van der Waals surface area contributed by atoms with E-state index < -0.39 is 0 Å². The van der Waals surface area contributed by atoms with Gasteiger partial charge in [0.05, 0.1) is 0 Å². The van der Waals surface area contributed by atoms with Gasteiger partial charge in [-0.1, -0.05) is 36.4 Å². The van der Waals surface area contributed by atoms with Crippen LogP contribution in [-0.4, -0.2) is 0 Å². The van der Waals surface area contributed by atoms with Gasteiger partial charge in [0.25, 0.3) is 0 Å². The van der Waals surface area contributed by atoms with E-state index in [1.54, 1.807) is 11.1 Å². The standard InChI is InChI=1S/C18H16/c1-2-6-10-9(5-1)13-11-12-14(10)18-8-4-3-7-17(13,18)15(11)16(12)18/h1-6,11-16H,7-8H2/t11-,12+,13-,14-,15+,16-,17+,18-/m1/s1. The van der Waals surface area contributed by atoms with E-state index >= 15 is 0 Å². The van der Waals surface area contributed by atoms with E-state index in [9.17, 15) is 0 Å². The van der Waals surface area contributed by atoms with E-state index in [-0.39, 0.29) is 0 Å². The second kappa shape index (κ2) is 1.94. The van der Waals surface area contributed by atoms with Crippen molar-refractivity contribution in [2.75, 3.05) is 0 Å². The Bertz CT molecular complexity index is 613. The Morgan fingerprint density at radius 2 is 1.28 bits per heavy atom. The number of allylic oxidation sites excluding steroid dienone is 2. The van der Waals surface area contributed by atoms with E-state index in [4.69, 9.17) is 0 Å². The highest BCUT2D eigenvalue weighted by atomic mass is 15.0. The van der Waals surface area contributed by atoms with Crippen LogP contribution in [0, 0.1) is 34.5 Å². The molecule has 7 aliphatic carbocycles. The largest absolute Gasteiger partial charge is 0.0879 e. The zero-order valence-electron chi connectivity index (χ0n) is 10.3. The summed E-state index contributed by atoms with van der Waals surface area (Å²) in [5, 5.41) is 0. The summed E-state index contributed by atoms with van der Waals surface area (Å²) in [7, 11) is 0. The van der Waals surface area contributed by atoms with Crippen LogP contribution < -0.4 is 0 Å². The third-order valence-electron chi connectivity index (χ3n) is 8.34. The van der Waals surface area contributed by atoms with Crippen molar-refractivity contribution in [2.45, 2.75) is 24.7 Å². The maximum Gasteiger partial charge on any atom is -0.00566 e. The fraction of sp³-hybridized carbons (Fsp3) is 0.556. The quantitative estimate of drug-likeness (QED) is 0.598. The Labute approximate surface area is 107 Å². The molecule has 1 aromatic rings. The highest BCUT2D eigenvalue weighted by molar-refractivity contribution is 5.62. The van der Waals surface area contributed by atoms with Crippen LogP contribution in [0.2, 0.25) is 0 Å². The Kier molecular flexibility index (Phi) is 0.881. The molecule has 0 heterocycles. The molecule has 4 saturated carbocycles.